The lowest BCUT2D eigenvalue weighted by atomic mass is 10.2. The highest BCUT2D eigenvalue weighted by atomic mass is 79.9. The van der Waals surface area contributed by atoms with E-state index in [2.05, 4.69) is 52.4 Å². The van der Waals surface area contributed by atoms with E-state index in [1.807, 2.05) is 6.92 Å². The van der Waals surface area contributed by atoms with E-state index in [-0.39, 0.29) is 6.10 Å². The molecule has 0 aliphatic rings. The molecule has 15 heavy (non-hydrogen) atoms. The second-order valence-corrected chi connectivity index (χ2v) is 4.44. The zero-order valence-electron chi connectivity index (χ0n) is 9.29. The fraction of sp³-hybridized carbons (Fsp3) is 0.500. The summed E-state index contributed by atoms with van der Waals surface area (Å²) in [4.78, 5) is 0. The second kappa shape index (κ2) is 6.99. The van der Waals surface area contributed by atoms with Gasteiger partial charge in [-0.3, -0.25) is 0 Å². The molecule has 0 saturated heterocycles. The number of ether oxygens (including phenoxy) is 1. The van der Waals surface area contributed by atoms with Crippen molar-refractivity contribution in [1.82, 2.24) is 5.32 Å². The Balaban J connectivity index is 2.22. The van der Waals surface area contributed by atoms with Crippen molar-refractivity contribution in [3.05, 3.63) is 34.3 Å². The first-order valence-electron chi connectivity index (χ1n) is 5.29. The highest BCUT2D eigenvalue weighted by Crippen LogP contribution is 2.10. The number of rotatable bonds is 6. The van der Waals surface area contributed by atoms with E-state index < -0.39 is 0 Å². The molecule has 1 unspecified atom stereocenters. The van der Waals surface area contributed by atoms with Crippen molar-refractivity contribution in [2.45, 2.75) is 26.5 Å². The van der Waals surface area contributed by atoms with Crippen LogP contribution in [0.3, 0.4) is 0 Å². The predicted octanol–water partition coefficient (Wildman–Crippen LogP) is 2.96. The smallest absolute Gasteiger partial charge is 0.0671 e. The molecule has 84 valence electrons. The fourth-order valence-corrected chi connectivity index (χ4v) is 1.63. The Morgan fingerprint density at radius 3 is 2.60 bits per heavy atom. The van der Waals surface area contributed by atoms with E-state index in [1.54, 1.807) is 0 Å². The summed E-state index contributed by atoms with van der Waals surface area (Å²) in [7, 11) is 0. The summed E-state index contributed by atoms with van der Waals surface area (Å²) < 4.78 is 6.55. The third-order valence-electron chi connectivity index (χ3n) is 2.13. The molecule has 0 fully saturated rings. The van der Waals surface area contributed by atoms with Crippen LogP contribution in [0.5, 0.6) is 0 Å². The van der Waals surface area contributed by atoms with E-state index in [0.29, 0.717) is 0 Å². The highest BCUT2D eigenvalue weighted by molar-refractivity contribution is 9.10. The molecular formula is C12H18BrNO. The Morgan fingerprint density at radius 2 is 2.00 bits per heavy atom. The lowest BCUT2D eigenvalue weighted by Crippen LogP contribution is -2.26. The van der Waals surface area contributed by atoms with Gasteiger partial charge < -0.3 is 10.1 Å². The molecule has 1 atom stereocenters. The lowest BCUT2D eigenvalue weighted by Gasteiger charge is -2.12. The van der Waals surface area contributed by atoms with Crippen LogP contribution >= 0.6 is 15.9 Å². The standard InChI is InChI=1S/C12H18BrNO/c1-3-15-10(2)8-14-9-11-4-6-12(13)7-5-11/h4-7,10,14H,3,8-9H2,1-2H3. The summed E-state index contributed by atoms with van der Waals surface area (Å²) in [5.41, 5.74) is 1.29. The monoisotopic (exact) mass is 271 g/mol. The maximum Gasteiger partial charge on any atom is 0.0671 e. The summed E-state index contributed by atoms with van der Waals surface area (Å²) >= 11 is 3.42. The SMILES string of the molecule is CCOC(C)CNCc1ccc(Br)cc1. The van der Waals surface area contributed by atoms with Crippen LogP contribution in [0.25, 0.3) is 0 Å². The molecule has 1 aromatic rings. The number of nitrogens with one attached hydrogen (secondary N) is 1. The summed E-state index contributed by atoms with van der Waals surface area (Å²) in [6.45, 7) is 6.67. The molecule has 1 rings (SSSR count). The summed E-state index contributed by atoms with van der Waals surface area (Å²) in [6.07, 6.45) is 0.283. The van der Waals surface area contributed by atoms with Crippen LogP contribution in [0.2, 0.25) is 0 Å². The molecule has 0 aromatic heterocycles. The molecule has 1 N–H and O–H groups in total. The first-order chi connectivity index (χ1) is 7.22. The molecule has 1 aromatic carbocycles. The number of halogens is 1. The highest BCUT2D eigenvalue weighted by Gasteiger charge is 1.99. The van der Waals surface area contributed by atoms with Crippen LogP contribution in [-0.4, -0.2) is 19.3 Å². The molecule has 0 saturated carbocycles. The zero-order valence-corrected chi connectivity index (χ0v) is 10.9. The van der Waals surface area contributed by atoms with Gasteiger partial charge in [-0.05, 0) is 31.5 Å². The number of hydrogen-bond donors (Lipinski definition) is 1. The van der Waals surface area contributed by atoms with Crippen LogP contribution in [0, 0.1) is 0 Å². The van der Waals surface area contributed by atoms with Crippen LogP contribution < -0.4 is 5.32 Å². The molecule has 0 spiro atoms. The van der Waals surface area contributed by atoms with Crippen molar-refractivity contribution in [3.8, 4) is 0 Å². The minimum atomic E-state index is 0.283. The Kier molecular flexibility index (Phi) is 5.91. The molecule has 0 radical (unpaired) electrons. The van der Waals surface area contributed by atoms with E-state index in [4.69, 9.17) is 4.74 Å². The molecule has 0 amide bonds. The zero-order chi connectivity index (χ0) is 11.1. The Labute approximate surface area is 100 Å². The van der Waals surface area contributed by atoms with Gasteiger partial charge in [-0.1, -0.05) is 28.1 Å². The quantitative estimate of drug-likeness (QED) is 0.859. The molecule has 0 aliphatic carbocycles. The summed E-state index contributed by atoms with van der Waals surface area (Å²) in [5.74, 6) is 0. The minimum absolute atomic E-state index is 0.283. The van der Waals surface area contributed by atoms with Gasteiger partial charge in [0.2, 0.25) is 0 Å². The van der Waals surface area contributed by atoms with Crippen molar-refractivity contribution in [1.29, 1.82) is 0 Å². The summed E-state index contributed by atoms with van der Waals surface area (Å²) in [5, 5.41) is 3.37. The van der Waals surface area contributed by atoms with E-state index in [0.717, 1.165) is 24.2 Å². The Hall–Kier alpha value is -0.380. The van der Waals surface area contributed by atoms with Crippen LogP contribution in [0.1, 0.15) is 19.4 Å². The van der Waals surface area contributed by atoms with Gasteiger partial charge in [-0.15, -0.1) is 0 Å². The molecule has 0 bridgehead atoms. The van der Waals surface area contributed by atoms with Gasteiger partial charge in [0.25, 0.3) is 0 Å². The van der Waals surface area contributed by atoms with Crippen molar-refractivity contribution in [3.63, 3.8) is 0 Å². The Bertz CT molecular complexity index is 273. The van der Waals surface area contributed by atoms with Gasteiger partial charge in [0.05, 0.1) is 6.10 Å². The van der Waals surface area contributed by atoms with Crippen LogP contribution in [0.4, 0.5) is 0 Å². The molecule has 3 heteroatoms. The van der Waals surface area contributed by atoms with Crippen molar-refractivity contribution < 1.29 is 4.74 Å². The normalized spacial score (nSPS) is 12.7. The van der Waals surface area contributed by atoms with E-state index in [1.165, 1.54) is 5.56 Å². The molecule has 0 aliphatic heterocycles. The average molecular weight is 272 g/mol. The van der Waals surface area contributed by atoms with Gasteiger partial charge in [0, 0.05) is 24.2 Å². The Morgan fingerprint density at radius 1 is 1.33 bits per heavy atom. The molecule has 0 heterocycles. The number of benzene rings is 1. The maximum atomic E-state index is 5.43. The number of hydrogen-bond acceptors (Lipinski definition) is 2. The van der Waals surface area contributed by atoms with Crippen molar-refractivity contribution >= 4 is 15.9 Å². The van der Waals surface area contributed by atoms with E-state index >= 15 is 0 Å². The van der Waals surface area contributed by atoms with Crippen molar-refractivity contribution in [2.75, 3.05) is 13.2 Å². The first-order valence-corrected chi connectivity index (χ1v) is 6.08. The third-order valence-corrected chi connectivity index (χ3v) is 2.65. The van der Waals surface area contributed by atoms with E-state index in [9.17, 15) is 0 Å². The first kappa shape index (κ1) is 12.7. The van der Waals surface area contributed by atoms with Gasteiger partial charge in [0.1, 0.15) is 0 Å². The van der Waals surface area contributed by atoms with Gasteiger partial charge >= 0.3 is 0 Å². The third kappa shape index (κ3) is 5.30. The molecule has 2 nitrogen and oxygen atoms in total. The van der Waals surface area contributed by atoms with Crippen LogP contribution in [0.15, 0.2) is 28.7 Å². The average Bonchev–Trinajstić information content (AvgIpc) is 2.21. The summed E-state index contributed by atoms with van der Waals surface area (Å²) in [6, 6.07) is 8.34. The lowest BCUT2D eigenvalue weighted by molar-refractivity contribution is 0.0759. The van der Waals surface area contributed by atoms with Gasteiger partial charge in [-0.2, -0.15) is 0 Å². The minimum Gasteiger partial charge on any atom is -0.377 e. The van der Waals surface area contributed by atoms with Gasteiger partial charge in [0.15, 0.2) is 0 Å². The van der Waals surface area contributed by atoms with Gasteiger partial charge in [-0.25, -0.2) is 0 Å². The maximum absolute atomic E-state index is 5.43. The molecular weight excluding hydrogens is 254 g/mol. The topological polar surface area (TPSA) is 21.3 Å². The second-order valence-electron chi connectivity index (χ2n) is 3.52. The fourth-order valence-electron chi connectivity index (χ4n) is 1.37. The van der Waals surface area contributed by atoms with Crippen LogP contribution in [-0.2, 0) is 11.3 Å². The largest absolute Gasteiger partial charge is 0.377 e. The predicted molar refractivity (Wildman–Crippen MR) is 66.9 cm³/mol. The van der Waals surface area contributed by atoms with Crippen molar-refractivity contribution in [2.24, 2.45) is 0 Å².